The molecule has 0 saturated heterocycles. The summed E-state index contributed by atoms with van der Waals surface area (Å²) >= 11 is 5.84. The summed E-state index contributed by atoms with van der Waals surface area (Å²) < 4.78 is 15.0. The maximum Gasteiger partial charge on any atom is 0.205 e. The Morgan fingerprint density at radius 3 is 2.89 bits per heavy atom. The molecule has 0 aliphatic heterocycles. The van der Waals surface area contributed by atoms with Gasteiger partial charge < -0.3 is 5.73 Å². The minimum Gasteiger partial charge on any atom is -0.369 e. The second-order valence-electron chi connectivity index (χ2n) is 3.80. The van der Waals surface area contributed by atoms with Gasteiger partial charge in [-0.25, -0.2) is 9.37 Å². The third-order valence-electron chi connectivity index (χ3n) is 2.59. The number of nitrogen functional groups attached to an aromatic ring is 1. The Labute approximate surface area is 107 Å². The molecule has 0 unspecified atom stereocenters. The molecule has 2 N–H and O–H groups in total. The molecule has 0 bridgehead atoms. The van der Waals surface area contributed by atoms with Crippen molar-refractivity contribution in [3.63, 3.8) is 0 Å². The van der Waals surface area contributed by atoms with Gasteiger partial charge in [-0.15, -0.1) is 0 Å². The molecular weight excluding hydrogens is 255 g/mol. The van der Waals surface area contributed by atoms with Crippen molar-refractivity contribution < 1.29 is 4.39 Å². The maximum atomic E-state index is 13.4. The van der Waals surface area contributed by atoms with Crippen molar-refractivity contribution in [2.45, 2.75) is 0 Å². The van der Waals surface area contributed by atoms with E-state index in [0.717, 1.165) is 5.52 Å². The average molecular weight is 263 g/mol. The lowest BCUT2D eigenvalue weighted by atomic mass is 10.3. The molecule has 3 aromatic rings. The standard InChI is InChI=1S/C12H8ClFN4/c13-7-3-8(14)5-9(4-7)18-11-1-2-16-6-10(11)17-12(18)15/h1-6H,(H2,15,17). The van der Waals surface area contributed by atoms with Crippen molar-refractivity contribution in [3.8, 4) is 5.69 Å². The number of hydrogen-bond donors (Lipinski definition) is 1. The van der Waals surface area contributed by atoms with Gasteiger partial charge in [0.2, 0.25) is 5.95 Å². The van der Waals surface area contributed by atoms with Crippen LogP contribution in [0.1, 0.15) is 0 Å². The van der Waals surface area contributed by atoms with Gasteiger partial charge in [0.15, 0.2) is 0 Å². The molecule has 90 valence electrons. The van der Waals surface area contributed by atoms with Crippen molar-refractivity contribution in [3.05, 3.63) is 47.5 Å². The van der Waals surface area contributed by atoms with E-state index in [0.29, 0.717) is 16.2 Å². The summed E-state index contributed by atoms with van der Waals surface area (Å²) in [5, 5.41) is 0.306. The van der Waals surface area contributed by atoms with Gasteiger partial charge in [0.05, 0.1) is 17.4 Å². The zero-order valence-electron chi connectivity index (χ0n) is 9.14. The molecule has 2 aromatic heterocycles. The van der Waals surface area contributed by atoms with E-state index >= 15 is 0 Å². The quantitative estimate of drug-likeness (QED) is 0.734. The number of fused-ring (bicyclic) bond motifs is 1. The predicted molar refractivity (Wildman–Crippen MR) is 68.2 cm³/mol. The smallest absolute Gasteiger partial charge is 0.205 e. The number of rotatable bonds is 1. The number of aromatic nitrogens is 3. The van der Waals surface area contributed by atoms with E-state index in [1.165, 1.54) is 12.1 Å². The second-order valence-corrected chi connectivity index (χ2v) is 4.23. The van der Waals surface area contributed by atoms with Crippen LogP contribution in [0.15, 0.2) is 36.7 Å². The highest BCUT2D eigenvalue weighted by molar-refractivity contribution is 6.30. The maximum absolute atomic E-state index is 13.4. The molecule has 1 aromatic carbocycles. The highest BCUT2D eigenvalue weighted by atomic mass is 35.5. The summed E-state index contributed by atoms with van der Waals surface area (Å²) in [6, 6.07) is 5.98. The first-order valence-electron chi connectivity index (χ1n) is 5.19. The fraction of sp³-hybridized carbons (Fsp3) is 0. The highest BCUT2D eigenvalue weighted by Gasteiger charge is 2.11. The molecule has 0 aliphatic rings. The molecule has 0 saturated carbocycles. The molecule has 4 nitrogen and oxygen atoms in total. The van der Waals surface area contributed by atoms with Crippen molar-refractivity contribution >= 4 is 28.6 Å². The summed E-state index contributed by atoms with van der Waals surface area (Å²) in [5.41, 5.74) is 7.78. The monoisotopic (exact) mass is 262 g/mol. The van der Waals surface area contributed by atoms with Crippen LogP contribution in [-0.4, -0.2) is 14.5 Å². The van der Waals surface area contributed by atoms with Crippen molar-refractivity contribution in [2.24, 2.45) is 0 Å². The molecule has 0 atom stereocenters. The fourth-order valence-corrected chi connectivity index (χ4v) is 2.11. The van der Waals surface area contributed by atoms with Gasteiger partial charge in [0, 0.05) is 11.2 Å². The highest BCUT2D eigenvalue weighted by Crippen LogP contribution is 2.25. The van der Waals surface area contributed by atoms with Crippen LogP contribution in [0.5, 0.6) is 0 Å². The average Bonchev–Trinajstić information content (AvgIpc) is 2.63. The Hall–Kier alpha value is -2.14. The topological polar surface area (TPSA) is 56.7 Å². The van der Waals surface area contributed by atoms with Crippen LogP contribution in [0.3, 0.4) is 0 Å². The summed E-state index contributed by atoms with van der Waals surface area (Å²) in [5.74, 6) is -0.160. The Balaban J connectivity index is 2.34. The summed E-state index contributed by atoms with van der Waals surface area (Å²) in [7, 11) is 0. The van der Waals surface area contributed by atoms with Gasteiger partial charge in [0.1, 0.15) is 11.3 Å². The molecule has 0 fully saturated rings. The zero-order chi connectivity index (χ0) is 12.7. The Morgan fingerprint density at radius 2 is 2.11 bits per heavy atom. The van der Waals surface area contributed by atoms with Crippen LogP contribution in [-0.2, 0) is 0 Å². The number of pyridine rings is 1. The first-order valence-corrected chi connectivity index (χ1v) is 5.57. The van der Waals surface area contributed by atoms with Crippen molar-refractivity contribution in [1.82, 2.24) is 14.5 Å². The number of halogens is 2. The number of hydrogen-bond acceptors (Lipinski definition) is 3. The molecule has 2 heterocycles. The largest absolute Gasteiger partial charge is 0.369 e. The Morgan fingerprint density at radius 1 is 1.28 bits per heavy atom. The third kappa shape index (κ3) is 1.69. The third-order valence-corrected chi connectivity index (χ3v) is 2.81. The number of nitrogens with zero attached hydrogens (tertiary/aromatic N) is 3. The second kappa shape index (κ2) is 3.96. The lowest BCUT2D eigenvalue weighted by Gasteiger charge is -2.07. The van der Waals surface area contributed by atoms with E-state index in [1.54, 1.807) is 29.1 Å². The van der Waals surface area contributed by atoms with Gasteiger partial charge in [-0.2, -0.15) is 0 Å². The van der Waals surface area contributed by atoms with E-state index in [2.05, 4.69) is 9.97 Å². The lowest BCUT2D eigenvalue weighted by Crippen LogP contribution is -2.01. The van der Waals surface area contributed by atoms with E-state index in [-0.39, 0.29) is 5.95 Å². The van der Waals surface area contributed by atoms with Crippen molar-refractivity contribution in [1.29, 1.82) is 0 Å². The van der Waals surface area contributed by atoms with Gasteiger partial charge in [-0.3, -0.25) is 9.55 Å². The minimum absolute atomic E-state index is 0.264. The van der Waals surface area contributed by atoms with Gasteiger partial charge in [-0.05, 0) is 24.3 Å². The van der Waals surface area contributed by atoms with Crippen LogP contribution >= 0.6 is 11.6 Å². The van der Waals surface area contributed by atoms with Crippen LogP contribution in [0.25, 0.3) is 16.7 Å². The van der Waals surface area contributed by atoms with Gasteiger partial charge in [-0.1, -0.05) is 11.6 Å². The molecule has 0 amide bonds. The summed E-state index contributed by atoms with van der Waals surface area (Å²) in [6.45, 7) is 0. The van der Waals surface area contributed by atoms with E-state index < -0.39 is 5.82 Å². The number of benzene rings is 1. The van der Waals surface area contributed by atoms with Gasteiger partial charge >= 0.3 is 0 Å². The van der Waals surface area contributed by atoms with Crippen LogP contribution in [0, 0.1) is 5.82 Å². The molecule has 0 radical (unpaired) electrons. The van der Waals surface area contributed by atoms with E-state index in [4.69, 9.17) is 17.3 Å². The van der Waals surface area contributed by atoms with Crippen LogP contribution in [0.4, 0.5) is 10.3 Å². The Kier molecular flexibility index (Phi) is 2.41. The zero-order valence-corrected chi connectivity index (χ0v) is 9.89. The predicted octanol–water partition coefficient (Wildman–Crippen LogP) is 2.80. The Bertz CT molecular complexity index is 718. The SMILES string of the molecule is Nc1nc2cnccc2n1-c1cc(F)cc(Cl)c1. The molecule has 0 spiro atoms. The summed E-state index contributed by atoms with van der Waals surface area (Å²) in [6.07, 6.45) is 3.23. The fourth-order valence-electron chi connectivity index (χ4n) is 1.89. The normalized spacial score (nSPS) is 11.0. The lowest BCUT2D eigenvalue weighted by molar-refractivity contribution is 0.627. The molecule has 3 rings (SSSR count). The minimum atomic E-state index is -0.423. The van der Waals surface area contributed by atoms with E-state index in [9.17, 15) is 4.39 Å². The molecule has 6 heteroatoms. The van der Waals surface area contributed by atoms with Crippen LogP contribution < -0.4 is 5.73 Å². The van der Waals surface area contributed by atoms with E-state index in [1.807, 2.05) is 0 Å². The number of anilines is 1. The number of imidazole rings is 1. The van der Waals surface area contributed by atoms with Crippen molar-refractivity contribution in [2.75, 3.05) is 5.73 Å². The first kappa shape index (κ1) is 11.0. The first-order chi connectivity index (χ1) is 8.65. The number of nitrogens with two attached hydrogens (primary N) is 1. The molecule has 0 aliphatic carbocycles. The molecular formula is C12H8ClFN4. The molecule has 18 heavy (non-hydrogen) atoms. The summed E-state index contributed by atoms with van der Waals surface area (Å²) in [4.78, 5) is 8.13. The van der Waals surface area contributed by atoms with Gasteiger partial charge in [0.25, 0.3) is 0 Å². The van der Waals surface area contributed by atoms with Crippen LogP contribution in [0.2, 0.25) is 5.02 Å².